The van der Waals surface area contributed by atoms with Crippen molar-refractivity contribution in [1.82, 2.24) is 0 Å². The maximum absolute atomic E-state index is 13.2. The third-order valence-corrected chi connectivity index (χ3v) is 2.03. The van der Waals surface area contributed by atoms with E-state index in [1.54, 1.807) is 0 Å². The predicted octanol–water partition coefficient (Wildman–Crippen LogP) is 3.38. The molecule has 0 spiro atoms. The SMILES string of the molecule is CC(C)=CC(O)c1c(F)c(F)c(F)c(F)c1F. The standard InChI is InChI=1S/C11H9F5O/c1-4(2)3-5(17)6-7(12)9(14)11(16)10(15)8(6)13/h3,5,17H,1-2H3. The highest BCUT2D eigenvalue weighted by Crippen LogP contribution is 2.28. The minimum Gasteiger partial charge on any atom is -0.384 e. The van der Waals surface area contributed by atoms with Gasteiger partial charge in [-0.25, -0.2) is 22.0 Å². The topological polar surface area (TPSA) is 20.2 Å². The molecule has 1 aromatic rings. The van der Waals surface area contributed by atoms with Gasteiger partial charge in [-0.2, -0.15) is 0 Å². The molecule has 0 amide bonds. The first-order chi connectivity index (χ1) is 7.77. The van der Waals surface area contributed by atoms with Gasteiger partial charge in [-0.05, 0) is 13.8 Å². The quantitative estimate of drug-likeness (QED) is 0.370. The second-order valence-corrected chi connectivity index (χ2v) is 3.67. The Kier molecular flexibility index (Phi) is 3.87. The van der Waals surface area contributed by atoms with Crippen LogP contribution in [0.2, 0.25) is 0 Å². The van der Waals surface area contributed by atoms with E-state index in [-0.39, 0.29) is 0 Å². The van der Waals surface area contributed by atoms with Crippen LogP contribution < -0.4 is 0 Å². The van der Waals surface area contributed by atoms with Gasteiger partial charge in [0.1, 0.15) is 6.10 Å². The molecule has 1 rings (SSSR count). The Morgan fingerprint density at radius 2 is 1.24 bits per heavy atom. The van der Waals surface area contributed by atoms with Crippen LogP contribution in [0.5, 0.6) is 0 Å². The Labute approximate surface area is 94.2 Å². The van der Waals surface area contributed by atoms with Crippen molar-refractivity contribution in [3.63, 3.8) is 0 Å². The van der Waals surface area contributed by atoms with Crippen molar-refractivity contribution in [1.29, 1.82) is 0 Å². The molecule has 1 aromatic carbocycles. The van der Waals surface area contributed by atoms with Gasteiger partial charge >= 0.3 is 0 Å². The van der Waals surface area contributed by atoms with E-state index in [4.69, 9.17) is 0 Å². The Balaban J connectivity index is 3.49. The molecule has 0 aliphatic heterocycles. The summed E-state index contributed by atoms with van der Waals surface area (Å²) in [5, 5.41) is 9.38. The van der Waals surface area contributed by atoms with Crippen LogP contribution in [0.4, 0.5) is 22.0 Å². The van der Waals surface area contributed by atoms with Crippen LogP contribution in [-0.4, -0.2) is 5.11 Å². The number of hydrogen-bond acceptors (Lipinski definition) is 1. The lowest BCUT2D eigenvalue weighted by molar-refractivity contribution is 0.209. The summed E-state index contributed by atoms with van der Waals surface area (Å²) in [5.74, 6) is -10.4. The minimum absolute atomic E-state index is 0.474. The van der Waals surface area contributed by atoms with Crippen molar-refractivity contribution in [3.05, 3.63) is 46.3 Å². The average molecular weight is 252 g/mol. The molecule has 0 aliphatic rings. The van der Waals surface area contributed by atoms with Crippen molar-refractivity contribution in [2.75, 3.05) is 0 Å². The van der Waals surface area contributed by atoms with Crippen LogP contribution in [0.1, 0.15) is 25.5 Å². The Bertz CT molecular complexity index is 448. The third-order valence-electron chi connectivity index (χ3n) is 2.03. The summed E-state index contributed by atoms with van der Waals surface area (Å²) >= 11 is 0. The largest absolute Gasteiger partial charge is 0.384 e. The van der Waals surface area contributed by atoms with E-state index in [1.165, 1.54) is 13.8 Å². The lowest BCUT2D eigenvalue weighted by Crippen LogP contribution is -2.10. The fraction of sp³-hybridized carbons (Fsp3) is 0.273. The first-order valence-corrected chi connectivity index (χ1v) is 4.61. The summed E-state index contributed by atoms with van der Waals surface area (Å²) in [6.45, 7) is 3.02. The van der Waals surface area contributed by atoms with E-state index >= 15 is 0 Å². The monoisotopic (exact) mass is 252 g/mol. The van der Waals surface area contributed by atoms with Crippen molar-refractivity contribution in [2.24, 2.45) is 0 Å². The van der Waals surface area contributed by atoms with Gasteiger partial charge in [0.05, 0.1) is 5.56 Å². The fourth-order valence-corrected chi connectivity index (χ4v) is 1.28. The van der Waals surface area contributed by atoms with Crippen LogP contribution >= 0.6 is 0 Å². The molecule has 1 nitrogen and oxygen atoms in total. The number of allylic oxidation sites excluding steroid dienone is 1. The maximum atomic E-state index is 13.2. The van der Waals surface area contributed by atoms with Crippen LogP contribution in [0.25, 0.3) is 0 Å². The van der Waals surface area contributed by atoms with E-state index < -0.39 is 40.8 Å². The number of benzene rings is 1. The van der Waals surface area contributed by atoms with Crippen LogP contribution in [0.3, 0.4) is 0 Å². The maximum Gasteiger partial charge on any atom is 0.200 e. The summed E-state index contributed by atoms with van der Waals surface area (Å²) < 4.78 is 64.7. The van der Waals surface area contributed by atoms with Crippen molar-refractivity contribution in [3.8, 4) is 0 Å². The summed E-state index contributed by atoms with van der Waals surface area (Å²) in [4.78, 5) is 0. The van der Waals surface area contributed by atoms with Gasteiger partial charge in [0.2, 0.25) is 5.82 Å². The van der Waals surface area contributed by atoms with Gasteiger partial charge in [0.15, 0.2) is 23.3 Å². The molecule has 0 fully saturated rings. The Hall–Kier alpha value is -1.43. The number of aliphatic hydroxyl groups excluding tert-OH is 1. The zero-order valence-electron chi connectivity index (χ0n) is 8.99. The molecule has 0 aromatic heterocycles. The Morgan fingerprint density at radius 1 is 0.882 bits per heavy atom. The second kappa shape index (κ2) is 4.83. The van der Waals surface area contributed by atoms with Gasteiger partial charge in [-0.3, -0.25) is 0 Å². The fourth-order valence-electron chi connectivity index (χ4n) is 1.28. The number of hydrogen-bond donors (Lipinski definition) is 1. The van der Waals surface area contributed by atoms with Gasteiger partial charge in [0, 0.05) is 0 Å². The van der Waals surface area contributed by atoms with Gasteiger partial charge < -0.3 is 5.11 Å². The van der Waals surface area contributed by atoms with E-state index in [0.29, 0.717) is 5.57 Å². The number of halogens is 5. The van der Waals surface area contributed by atoms with Crippen molar-refractivity contribution >= 4 is 0 Å². The number of rotatable bonds is 2. The molecule has 0 heterocycles. The first-order valence-electron chi connectivity index (χ1n) is 4.61. The molecule has 0 radical (unpaired) electrons. The van der Waals surface area contributed by atoms with Crippen LogP contribution in [-0.2, 0) is 0 Å². The average Bonchev–Trinajstić information content (AvgIpc) is 2.23. The summed E-state index contributed by atoms with van der Waals surface area (Å²) in [5.41, 5.74) is -0.774. The Morgan fingerprint density at radius 3 is 1.59 bits per heavy atom. The summed E-state index contributed by atoms with van der Waals surface area (Å²) in [6, 6.07) is 0. The molecule has 0 bridgehead atoms. The molecular weight excluding hydrogens is 243 g/mol. The highest BCUT2D eigenvalue weighted by atomic mass is 19.2. The highest BCUT2D eigenvalue weighted by molar-refractivity contribution is 5.28. The zero-order chi connectivity index (χ0) is 13.3. The molecule has 0 saturated heterocycles. The lowest BCUT2D eigenvalue weighted by Gasteiger charge is -2.11. The summed E-state index contributed by atoms with van der Waals surface area (Å²) in [6.07, 6.45) is -0.900. The molecule has 1 N–H and O–H groups in total. The lowest BCUT2D eigenvalue weighted by atomic mass is 10.0. The number of aliphatic hydroxyl groups is 1. The van der Waals surface area contributed by atoms with Gasteiger partial charge in [0.25, 0.3) is 0 Å². The van der Waals surface area contributed by atoms with E-state index in [2.05, 4.69) is 0 Å². The molecular formula is C11H9F5O. The molecule has 6 heteroatoms. The third kappa shape index (κ3) is 2.46. The molecule has 0 aliphatic carbocycles. The molecule has 94 valence electrons. The zero-order valence-corrected chi connectivity index (χ0v) is 8.99. The summed E-state index contributed by atoms with van der Waals surface area (Å²) in [7, 11) is 0. The second-order valence-electron chi connectivity index (χ2n) is 3.67. The van der Waals surface area contributed by atoms with Crippen LogP contribution in [0, 0.1) is 29.1 Å². The van der Waals surface area contributed by atoms with Gasteiger partial charge in [-0.15, -0.1) is 0 Å². The van der Waals surface area contributed by atoms with Gasteiger partial charge in [-0.1, -0.05) is 11.6 Å². The normalized spacial score (nSPS) is 12.5. The molecule has 17 heavy (non-hydrogen) atoms. The highest BCUT2D eigenvalue weighted by Gasteiger charge is 2.28. The smallest absolute Gasteiger partial charge is 0.200 e. The minimum atomic E-state index is -2.24. The van der Waals surface area contributed by atoms with Crippen molar-refractivity contribution in [2.45, 2.75) is 20.0 Å². The van der Waals surface area contributed by atoms with E-state index in [0.717, 1.165) is 6.08 Å². The predicted molar refractivity (Wildman–Crippen MR) is 50.6 cm³/mol. The van der Waals surface area contributed by atoms with Crippen molar-refractivity contribution < 1.29 is 27.1 Å². The van der Waals surface area contributed by atoms with E-state index in [1.807, 2.05) is 0 Å². The first kappa shape index (κ1) is 13.6. The molecule has 1 atom stereocenters. The molecule has 0 saturated carbocycles. The molecule has 1 unspecified atom stereocenters. The van der Waals surface area contributed by atoms with E-state index in [9.17, 15) is 27.1 Å². The van der Waals surface area contributed by atoms with Crippen LogP contribution in [0.15, 0.2) is 11.6 Å².